The molecule has 7 aromatic rings. The monoisotopic (exact) mass is 746 g/mol. The topological polar surface area (TPSA) is 84.3 Å². The molecule has 0 radical (unpaired) electrons. The molecule has 0 aliphatic carbocycles. The van der Waals surface area contributed by atoms with E-state index in [0.29, 0.717) is 0 Å². The number of fused-ring (bicyclic) bond motifs is 4. The van der Waals surface area contributed by atoms with Crippen molar-refractivity contribution in [2.24, 2.45) is 0 Å². The lowest BCUT2D eigenvalue weighted by atomic mass is 10.0. The molecular weight excluding hydrogens is 712 g/mol. The highest BCUT2D eigenvalue weighted by molar-refractivity contribution is 9.10. The van der Waals surface area contributed by atoms with Gasteiger partial charge < -0.3 is 21.3 Å². The SMILES string of the molecule is Cl.Nc1c2c(nc3ccc(-c4ccsc4)cc13)N(Cc1ccccc1)CC2.Nc1c2c(nc3ccc(Br)cc13)N(Cc1ccccc1)CC2. The summed E-state index contributed by atoms with van der Waals surface area (Å²) >= 11 is 5.22. The average molecular weight is 748 g/mol. The molecule has 0 atom stereocenters. The Morgan fingerprint density at radius 2 is 1.16 bits per heavy atom. The fourth-order valence-corrected chi connectivity index (χ4v) is 7.87. The zero-order valence-electron chi connectivity index (χ0n) is 26.9. The van der Waals surface area contributed by atoms with Crippen LogP contribution in [0.3, 0.4) is 0 Å². The van der Waals surface area contributed by atoms with Crippen LogP contribution in [0, 0.1) is 0 Å². The highest BCUT2D eigenvalue weighted by atomic mass is 79.9. The van der Waals surface area contributed by atoms with Gasteiger partial charge in [0.15, 0.2) is 0 Å². The molecule has 5 heterocycles. The Hall–Kier alpha value is -4.63. The van der Waals surface area contributed by atoms with E-state index in [2.05, 4.69) is 121 Å². The zero-order chi connectivity index (χ0) is 32.6. The lowest BCUT2D eigenvalue weighted by molar-refractivity contribution is 0.827. The lowest BCUT2D eigenvalue weighted by Gasteiger charge is -2.19. The van der Waals surface area contributed by atoms with Crippen molar-refractivity contribution in [2.45, 2.75) is 25.9 Å². The quantitative estimate of drug-likeness (QED) is 0.183. The number of nitrogen functional groups attached to an aromatic ring is 2. The summed E-state index contributed by atoms with van der Waals surface area (Å²) in [5.74, 6) is 2.08. The second kappa shape index (κ2) is 14.1. The third-order valence-electron chi connectivity index (χ3n) is 9.33. The Kier molecular flexibility index (Phi) is 9.45. The van der Waals surface area contributed by atoms with Crippen molar-refractivity contribution in [3.05, 3.63) is 141 Å². The molecule has 0 fully saturated rings. The van der Waals surface area contributed by atoms with Gasteiger partial charge in [-0.15, -0.1) is 12.4 Å². The zero-order valence-corrected chi connectivity index (χ0v) is 30.1. The number of hydrogen-bond acceptors (Lipinski definition) is 7. The molecule has 0 saturated carbocycles. The van der Waals surface area contributed by atoms with E-state index in [0.717, 1.165) is 88.3 Å². The van der Waals surface area contributed by atoms with Crippen molar-refractivity contribution in [1.29, 1.82) is 0 Å². The van der Waals surface area contributed by atoms with Gasteiger partial charge in [-0.2, -0.15) is 11.3 Å². The number of aromatic nitrogens is 2. The van der Waals surface area contributed by atoms with Gasteiger partial charge in [0.25, 0.3) is 0 Å². The van der Waals surface area contributed by atoms with Crippen LogP contribution in [-0.4, -0.2) is 23.1 Å². The minimum absolute atomic E-state index is 0. The maximum atomic E-state index is 6.58. The summed E-state index contributed by atoms with van der Waals surface area (Å²) in [7, 11) is 0. The molecule has 246 valence electrons. The van der Waals surface area contributed by atoms with Gasteiger partial charge in [-0.25, -0.2) is 9.97 Å². The molecule has 4 N–H and O–H groups in total. The van der Waals surface area contributed by atoms with Crippen LogP contribution in [0.15, 0.2) is 118 Å². The van der Waals surface area contributed by atoms with Gasteiger partial charge in [0.1, 0.15) is 11.6 Å². The smallest absolute Gasteiger partial charge is 0.134 e. The Bertz CT molecular complexity index is 2250. The Morgan fingerprint density at radius 3 is 1.69 bits per heavy atom. The molecule has 49 heavy (non-hydrogen) atoms. The number of nitrogens with zero attached hydrogens (tertiary/aromatic N) is 4. The number of pyridine rings is 2. The van der Waals surface area contributed by atoms with E-state index in [4.69, 9.17) is 21.4 Å². The first kappa shape index (κ1) is 32.9. The number of hydrogen-bond donors (Lipinski definition) is 2. The van der Waals surface area contributed by atoms with E-state index >= 15 is 0 Å². The van der Waals surface area contributed by atoms with Crippen molar-refractivity contribution < 1.29 is 0 Å². The van der Waals surface area contributed by atoms with Gasteiger partial charge >= 0.3 is 0 Å². The van der Waals surface area contributed by atoms with E-state index in [-0.39, 0.29) is 12.4 Å². The standard InChI is InChI=1S/C22H19N3S.C18H16BrN3.ClH/c23-21-18-8-10-25(13-15-4-2-1-3-5-15)22(18)24-20-7-6-16(12-19(20)21)17-9-11-26-14-17;19-13-6-7-16-15(10-13)17(20)14-8-9-22(18(14)21-16)11-12-4-2-1-3-5-12;/h1-7,9,11-12,14H,8,10,13H2,(H2,23,24);1-7,10H,8-9,11H2,(H2,20,21);1H. The number of anilines is 4. The maximum Gasteiger partial charge on any atom is 0.134 e. The van der Waals surface area contributed by atoms with Crippen molar-refractivity contribution in [3.8, 4) is 11.1 Å². The fourth-order valence-electron chi connectivity index (χ4n) is 6.85. The Labute approximate surface area is 305 Å². The van der Waals surface area contributed by atoms with Gasteiger partial charge in [-0.3, -0.25) is 0 Å². The Balaban J connectivity index is 0.000000153. The summed E-state index contributed by atoms with van der Waals surface area (Å²) in [5, 5.41) is 6.37. The van der Waals surface area contributed by atoms with E-state index in [1.165, 1.54) is 33.4 Å². The molecule has 0 saturated heterocycles. The molecule has 0 bridgehead atoms. The molecule has 9 heteroatoms. The van der Waals surface area contributed by atoms with Crippen molar-refractivity contribution in [2.75, 3.05) is 34.4 Å². The Morgan fingerprint density at radius 1 is 0.633 bits per heavy atom. The van der Waals surface area contributed by atoms with Gasteiger partial charge in [-0.1, -0.05) is 82.7 Å². The summed E-state index contributed by atoms with van der Waals surface area (Å²) in [6.45, 7) is 3.69. The predicted octanol–water partition coefficient (Wildman–Crippen LogP) is 9.67. The largest absolute Gasteiger partial charge is 0.398 e. The molecule has 4 aromatic carbocycles. The lowest BCUT2D eigenvalue weighted by Crippen LogP contribution is -2.20. The fraction of sp³-hybridized carbons (Fsp3) is 0.150. The molecule has 6 nitrogen and oxygen atoms in total. The summed E-state index contributed by atoms with van der Waals surface area (Å²) in [4.78, 5) is 14.5. The predicted molar refractivity (Wildman–Crippen MR) is 213 cm³/mol. The summed E-state index contributed by atoms with van der Waals surface area (Å²) in [6.07, 6.45) is 1.92. The maximum absolute atomic E-state index is 6.58. The first-order chi connectivity index (χ1) is 23.5. The van der Waals surface area contributed by atoms with E-state index in [9.17, 15) is 0 Å². The van der Waals surface area contributed by atoms with E-state index < -0.39 is 0 Å². The van der Waals surface area contributed by atoms with Crippen molar-refractivity contribution >= 4 is 84.5 Å². The van der Waals surface area contributed by atoms with Crippen LogP contribution in [0.25, 0.3) is 32.9 Å². The minimum atomic E-state index is 0. The van der Waals surface area contributed by atoms with Crippen LogP contribution < -0.4 is 21.3 Å². The highest BCUT2D eigenvalue weighted by Gasteiger charge is 2.26. The van der Waals surface area contributed by atoms with E-state index in [1.54, 1.807) is 11.3 Å². The molecular formula is C40H36BrClN6S. The molecule has 0 unspecified atom stereocenters. The number of benzene rings is 4. The normalized spacial score (nSPS) is 13.2. The summed E-state index contributed by atoms with van der Waals surface area (Å²) < 4.78 is 1.03. The van der Waals surface area contributed by atoms with Crippen molar-refractivity contribution in [1.82, 2.24) is 9.97 Å². The van der Waals surface area contributed by atoms with Crippen LogP contribution in [0.1, 0.15) is 22.3 Å². The molecule has 0 amide bonds. The molecule has 9 rings (SSSR count). The van der Waals surface area contributed by atoms with Crippen LogP contribution in [0.5, 0.6) is 0 Å². The second-order valence-electron chi connectivity index (χ2n) is 12.4. The third kappa shape index (κ3) is 6.56. The van der Waals surface area contributed by atoms with E-state index in [1.807, 2.05) is 18.2 Å². The molecule has 3 aromatic heterocycles. The second-order valence-corrected chi connectivity index (χ2v) is 14.1. The first-order valence-electron chi connectivity index (χ1n) is 16.2. The number of halogens is 2. The minimum Gasteiger partial charge on any atom is -0.398 e. The molecule has 0 spiro atoms. The van der Waals surface area contributed by atoms with Gasteiger partial charge in [0, 0.05) is 63.9 Å². The number of nitrogens with two attached hydrogens (primary N) is 2. The number of thiophene rings is 1. The van der Waals surface area contributed by atoms with Gasteiger partial charge in [0.2, 0.25) is 0 Å². The highest BCUT2D eigenvalue weighted by Crippen LogP contribution is 2.39. The average Bonchev–Trinajstić information content (AvgIpc) is 3.89. The first-order valence-corrected chi connectivity index (χ1v) is 18.0. The number of rotatable bonds is 5. The molecule has 2 aliphatic heterocycles. The summed E-state index contributed by atoms with van der Waals surface area (Å²) in [5.41, 5.74) is 24.1. The third-order valence-corrected chi connectivity index (χ3v) is 10.5. The van der Waals surface area contributed by atoms with Crippen LogP contribution in [0.4, 0.5) is 23.0 Å². The van der Waals surface area contributed by atoms with Crippen molar-refractivity contribution in [3.63, 3.8) is 0 Å². The molecule has 2 aliphatic rings. The summed E-state index contributed by atoms with van der Waals surface area (Å²) in [6, 6.07) is 35.7. The van der Waals surface area contributed by atoms with Crippen LogP contribution >= 0.6 is 39.7 Å². The van der Waals surface area contributed by atoms with Crippen LogP contribution in [0.2, 0.25) is 0 Å². The van der Waals surface area contributed by atoms with Crippen LogP contribution in [-0.2, 0) is 25.9 Å². The van der Waals surface area contributed by atoms with Gasteiger partial charge in [0.05, 0.1) is 11.0 Å². The van der Waals surface area contributed by atoms with Gasteiger partial charge in [-0.05, 0) is 82.3 Å².